The highest BCUT2D eigenvalue weighted by molar-refractivity contribution is 6.35. The van der Waals surface area contributed by atoms with E-state index in [1.165, 1.54) is 7.11 Å². The molecule has 0 saturated carbocycles. The van der Waals surface area contributed by atoms with Crippen molar-refractivity contribution in [1.82, 2.24) is 0 Å². The fourth-order valence-corrected chi connectivity index (χ4v) is 4.12. The van der Waals surface area contributed by atoms with Crippen LogP contribution in [0.5, 0.6) is 11.5 Å². The van der Waals surface area contributed by atoms with Crippen molar-refractivity contribution in [3.05, 3.63) is 68.9 Å². The Balaban J connectivity index is 2.15. The molecule has 0 saturated heterocycles. The number of nitrogens with zero attached hydrogens (tertiary/aromatic N) is 1. The Morgan fingerprint density at radius 1 is 1.24 bits per heavy atom. The number of hydrogen-bond donors (Lipinski definition) is 1. The number of ether oxygens (including phenoxy) is 4. The molecule has 0 amide bonds. The molecule has 2 unspecified atom stereocenters. The Morgan fingerprint density at radius 2 is 2.00 bits per heavy atom. The number of allylic oxidation sites excluding steroid dienone is 1. The number of carbonyl (C=O) groups is 1. The minimum Gasteiger partial charge on any atom is -0.490 e. The molecule has 0 spiro atoms. The Labute approximate surface area is 201 Å². The lowest BCUT2D eigenvalue weighted by Crippen LogP contribution is -2.33. The van der Waals surface area contributed by atoms with E-state index in [0.717, 1.165) is 0 Å². The van der Waals surface area contributed by atoms with Crippen LogP contribution in [-0.4, -0.2) is 25.6 Å². The Morgan fingerprint density at radius 3 is 2.64 bits per heavy atom. The highest BCUT2D eigenvalue weighted by Gasteiger charge is 2.43. The molecule has 33 heavy (non-hydrogen) atoms. The van der Waals surface area contributed by atoms with Gasteiger partial charge in [-0.25, -0.2) is 4.79 Å². The molecule has 1 aliphatic rings. The van der Waals surface area contributed by atoms with Crippen molar-refractivity contribution in [2.45, 2.75) is 26.4 Å². The number of methoxy groups -OCH3 is 1. The van der Waals surface area contributed by atoms with Crippen LogP contribution >= 0.6 is 23.2 Å². The summed E-state index contributed by atoms with van der Waals surface area (Å²) in [6.45, 7) is 3.84. The van der Waals surface area contributed by atoms with E-state index in [9.17, 15) is 10.1 Å². The van der Waals surface area contributed by atoms with E-state index in [4.69, 9.17) is 47.6 Å². The third-order valence-electron chi connectivity index (χ3n) is 5.14. The van der Waals surface area contributed by atoms with Crippen LogP contribution in [-0.2, 0) is 20.9 Å². The van der Waals surface area contributed by atoms with Gasteiger partial charge in [-0.3, -0.25) is 5.41 Å². The van der Waals surface area contributed by atoms with Crippen LogP contribution in [0.15, 0.2) is 47.7 Å². The third kappa shape index (κ3) is 5.08. The predicted molar refractivity (Wildman–Crippen MR) is 124 cm³/mol. The number of carbonyl (C=O) groups excluding carboxylic acids is 1. The van der Waals surface area contributed by atoms with Gasteiger partial charge in [0.25, 0.3) is 0 Å². The van der Waals surface area contributed by atoms with E-state index in [1.807, 2.05) is 6.92 Å². The van der Waals surface area contributed by atoms with E-state index in [2.05, 4.69) is 6.07 Å². The van der Waals surface area contributed by atoms with Crippen molar-refractivity contribution >= 4 is 35.1 Å². The SMILES string of the molecule is CCOc1cccc(C2C(C(=O)OC)=C(C)OC(=N)C2C#N)c1OCc1ccc(Cl)cc1Cl. The van der Waals surface area contributed by atoms with Crippen LogP contribution in [0.3, 0.4) is 0 Å². The van der Waals surface area contributed by atoms with Crippen molar-refractivity contribution in [2.24, 2.45) is 5.92 Å². The number of nitrogens with one attached hydrogen (secondary N) is 1. The van der Waals surface area contributed by atoms with Crippen molar-refractivity contribution in [3.63, 3.8) is 0 Å². The number of para-hydroxylation sites is 1. The zero-order valence-corrected chi connectivity index (χ0v) is 19.8. The second-order valence-electron chi connectivity index (χ2n) is 7.14. The number of rotatable bonds is 7. The summed E-state index contributed by atoms with van der Waals surface area (Å²) < 4.78 is 22.3. The topological polar surface area (TPSA) is 102 Å². The van der Waals surface area contributed by atoms with Crippen LogP contribution < -0.4 is 9.47 Å². The van der Waals surface area contributed by atoms with E-state index in [-0.39, 0.29) is 23.8 Å². The lowest BCUT2D eigenvalue weighted by molar-refractivity contribution is -0.136. The van der Waals surface area contributed by atoms with Crippen molar-refractivity contribution in [3.8, 4) is 17.6 Å². The molecule has 2 aromatic carbocycles. The normalized spacial score (nSPS) is 17.8. The molecule has 0 aromatic heterocycles. The van der Waals surface area contributed by atoms with Gasteiger partial charge in [-0.2, -0.15) is 5.26 Å². The fourth-order valence-electron chi connectivity index (χ4n) is 3.66. The molecule has 2 atom stereocenters. The first-order chi connectivity index (χ1) is 15.8. The van der Waals surface area contributed by atoms with E-state index in [1.54, 1.807) is 43.3 Å². The van der Waals surface area contributed by atoms with Gasteiger partial charge in [0.1, 0.15) is 18.3 Å². The van der Waals surface area contributed by atoms with Gasteiger partial charge in [-0.1, -0.05) is 41.4 Å². The van der Waals surface area contributed by atoms with Gasteiger partial charge in [-0.05, 0) is 32.0 Å². The monoisotopic (exact) mass is 488 g/mol. The van der Waals surface area contributed by atoms with Crippen LogP contribution in [0.2, 0.25) is 10.0 Å². The molecule has 0 aliphatic carbocycles. The van der Waals surface area contributed by atoms with Crippen LogP contribution in [0, 0.1) is 22.7 Å². The molecule has 2 aromatic rings. The molecule has 0 fully saturated rings. The summed E-state index contributed by atoms with van der Waals surface area (Å²) in [6, 6.07) is 12.3. The van der Waals surface area contributed by atoms with Gasteiger partial charge in [0.05, 0.1) is 25.4 Å². The van der Waals surface area contributed by atoms with Gasteiger partial charge < -0.3 is 18.9 Å². The maximum Gasteiger partial charge on any atom is 0.337 e. The number of esters is 1. The van der Waals surface area contributed by atoms with Gasteiger partial charge in [0.15, 0.2) is 11.5 Å². The summed E-state index contributed by atoms with van der Waals surface area (Å²) in [5.41, 5.74) is 1.32. The maximum absolute atomic E-state index is 12.7. The zero-order chi connectivity index (χ0) is 24.1. The number of nitriles is 1. The molecule has 172 valence electrons. The molecule has 1 heterocycles. The number of halogens is 2. The summed E-state index contributed by atoms with van der Waals surface area (Å²) in [6.07, 6.45) is 0. The molecule has 1 N–H and O–H groups in total. The lowest BCUT2D eigenvalue weighted by Gasteiger charge is -2.31. The summed E-state index contributed by atoms with van der Waals surface area (Å²) in [5.74, 6) is -1.89. The minimum absolute atomic E-state index is 0.0846. The Kier molecular flexibility index (Phi) is 7.85. The fraction of sp³-hybridized carbons (Fsp3) is 0.292. The van der Waals surface area contributed by atoms with E-state index >= 15 is 0 Å². The van der Waals surface area contributed by atoms with Gasteiger partial charge in [-0.15, -0.1) is 0 Å². The summed E-state index contributed by atoms with van der Waals surface area (Å²) in [7, 11) is 1.25. The molecule has 0 radical (unpaired) electrons. The van der Waals surface area contributed by atoms with E-state index < -0.39 is 17.8 Å². The first-order valence-electron chi connectivity index (χ1n) is 10.1. The molecule has 9 heteroatoms. The van der Waals surface area contributed by atoms with Gasteiger partial charge in [0.2, 0.25) is 5.90 Å². The van der Waals surface area contributed by atoms with Crippen LogP contribution in [0.4, 0.5) is 0 Å². The minimum atomic E-state index is -1.07. The molecule has 3 rings (SSSR count). The highest BCUT2D eigenvalue weighted by Crippen LogP contribution is 2.46. The summed E-state index contributed by atoms with van der Waals surface area (Å²) >= 11 is 12.3. The Bertz CT molecular complexity index is 1160. The van der Waals surface area contributed by atoms with Crippen molar-refractivity contribution in [2.75, 3.05) is 13.7 Å². The number of hydrogen-bond acceptors (Lipinski definition) is 7. The second kappa shape index (κ2) is 10.6. The molecular weight excluding hydrogens is 467 g/mol. The third-order valence-corrected chi connectivity index (χ3v) is 5.73. The average Bonchev–Trinajstić information content (AvgIpc) is 2.78. The highest BCUT2D eigenvalue weighted by atomic mass is 35.5. The van der Waals surface area contributed by atoms with Gasteiger partial charge >= 0.3 is 5.97 Å². The maximum atomic E-state index is 12.7. The van der Waals surface area contributed by atoms with Crippen LogP contribution in [0.25, 0.3) is 0 Å². The Hall–Kier alpha value is -3.21. The molecular formula is C24H22Cl2N2O5. The van der Waals surface area contributed by atoms with Crippen LogP contribution in [0.1, 0.15) is 30.9 Å². The summed E-state index contributed by atoms with van der Waals surface area (Å²) in [4.78, 5) is 12.7. The van der Waals surface area contributed by atoms with E-state index in [0.29, 0.717) is 39.3 Å². The lowest BCUT2D eigenvalue weighted by atomic mass is 9.78. The van der Waals surface area contributed by atoms with Gasteiger partial charge in [0, 0.05) is 27.1 Å². The predicted octanol–water partition coefficient (Wildman–Crippen LogP) is 5.65. The molecule has 1 aliphatic heterocycles. The first kappa shape index (κ1) is 24.4. The zero-order valence-electron chi connectivity index (χ0n) is 18.3. The van der Waals surface area contributed by atoms with Crippen molar-refractivity contribution < 1.29 is 23.7 Å². The quantitative estimate of drug-likeness (QED) is 0.505. The average molecular weight is 489 g/mol. The number of benzene rings is 2. The summed E-state index contributed by atoms with van der Waals surface area (Å²) in [5, 5.41) is 19.0. The molecule has 7 nitrogen and oxygen atoms in total. The first-order valence-corrected chi connectivity index (χ1v) is 10.8. The second-order valence-corrected chi connectivity index (χ2v) is 7.99. The standard InChI is InChI=1S/C24H22Cl2N2O5/c1-4-31-19-7-5-6-16(22(19)32-12-14-8-9-15(25)10-18(14)26)21-17(11-27)23(28)33-13(2)20(21)24(29)30-3/h5-10,17,21,28H,4,12H2,1-3H3. The molecule has 0 bridgehead atoms. The largest absolute Gasteiger partial charge is 0.490 e. The smallest absolute Gasteiger partial charge is 0.337 e. The van der Waals surface area contributed by atoms with Crippen molar-refractivity contribution in [1.29, 1.82) is 10.7 Å².